The van der Waals surface area contributed by atoms with E-state index in [-0.39, 0.29) is 17.7 Å². The van der Waals surface area contributed by atoms with E-state index in [1.165, 1.54) is 0 Å². The number of rotatable bonds is 13. The molecule has 214 valence electrons. The average molecular weight is 559 g/mol. The predicted octanol–water partition coefficient (Wildman–Crippen LogP) is 2.65. The van der Waals surface area contributed by atoms with Gasteiger partial charge in [0.1, 0.15) is 17.7 Å². The van der Waals surface area contributed by atoms with Crippen molar-refractivity contribution in [3.05, 3.63) is 41.1 Å². The second-order valence-electron chi connectivity index (χ2n) is 8.45. The molecule has 1 rings (SSSR count). The molecule has 2 atom stereocenters. The number of ether oxygens (including phenoxy) is 1. The van der Waals surface area contributed by atoms with Gasteiger partial charge in [-0.2, -0.15) is 22.0 Å². The maximum Gasteiger partial charge on any atom is 0.407 e. The summed E-state index contributed by atoms with van der Waals surface area (Å²) in [7, 11) is 0.896. The van der Waals surface area contributed by atoms with E-state index in [1.54, 1.807) is 5.32 Å². The number of aliphatic hydroxyl groups is 1. The Labute approximate surface area is 213 Å². The number of aliphatic hydroxyl groups excluding tert-OH is 1. The number of methoxy groups -OCH3 is 1. The van der Waals surface area contributed by atoms with Crippen LogP contribution in [0.4, 0.5) is 35.5 Å². The van der Waals surface area contributed by atoms with E-state index in [4.69, 9.17) is 5.41 Å². The Bertz CT molecular complexity index is 995. The molecule has 0 unspecified atom stereocenters. The smallest absolute Gasteiger partial charge is 0.407 e. The van der Waals surface area contributed by atoms with Crippen molar-refractivity contribution in [1.82, 2.24) is 21.3 Å². The first-order valence-corrected chi connectivity index (χ1v) is 10.9. The van der Waals surface area contributed by atoms with Crippen LogP contribution in [0, 0.1) is 22.5 Å². The zero-order valence-electron chi connectivity index (χ0n) is 20.5. The molecule has 0 spiro atoms. The fourth-order valence-electron chi connectivity index (χ4n) is 2.97. The highest BCUT2D eigenvalue weighted by molar-refractivity contribution is 6.08. The molecule has 9 nitrogen and oxygen atoms in total. The normalized spacial score (nSPS) is 14.1. The van der Waals surface area contributed by atoms with Gasteiger partial charge in [0.05, 0.1) is 18.6 Å². The first kappa shape index (κ1) is 32.6. The molecule has 0 radical (unpaired) electrons. The molecule has 0 aliphatic rings. The van der Waals surface area contributed by atoms with Crippen LogP contribution in [0.5, 0.6) is 0 Å². The molecule has 0 heterocycles. The third-order valence-corrected chi connectivity index (χ3v) is 5.35. The van der Waals surface area contributed by atoms with Gasteiger partial charge < -0.3 is 36.5 Å². The van der Waals surface area contributed by atoms with Crippen LogP contribution in [-0.4, -0.2) is 68.4 Å². The summed E-state index contributed by atoms with van der Waals surface area (Å²) in [6.45, 7) is -2.97. The van der Waals surface area contributed by atoms with Crippen molar-refractivity contribution in [1.29, 1.82) is 5.41 Å². The van der Waals surface area contributed by atoms with Gasteiger partial charge in [-0.25, -0.2) is 13.6 Å². The topological polar surface area (TPSA) is 136 Å². The van der Waals surface area contributed by atoms with Crippen LogP contribution in [0.2, 0.25) is 0 Å². The van der Waals surface area contributed by atoms with Gasteiger partial charge in [0.15, 0.2) is 0 Å². The summed E-state index contributed by atoms with van der Waals surface area (Å²) in [5.74, 6) is -3.42. The van der Waals surface area contributed by atoms with E-state index in [1.807, 2.05) is 5.32 Å². The fourth-order valence-corrected chi connectivity index (χ4v) is 2.97. The summed E-state index contributed by atoms with van der Waals surface area (Å²) in [4.78, 5) is 23.8. The summed E-state index contributed by atoms with van der Waals surface area (Å²) in [6.07, 6.45) is -6.25. The lowest BCUT2D eigenvalue weighted by atomic mass is 9.83. The lowest BCUT2D eigenvalue weighted by Gasteiger charge is -2.35. The monoisotopic (exact) mass is 559 g/mol. The molecular weight excluding hydrogens is 531 g/mol. The van der Waals surface area contributed by atoms with Crippen LogP contribution in [0.15, 0.2) is 18.3 Å². The number of amides is 2. The van der Waals surface area contributed by atoms with Crippen LogP contribution < -0.4 is 21.3 Å². The summed E-state index contributed by atoms with van der Waals surface area (Å²) in [6, 6.07) is -0.470. The highest BCUT2D eigenvalue weighted by atomic mass is 19.4. The molecule has 1 aromatic rings. The molecule has 0 aliphatic heterocycles. The van der Waals surface area contributed by atoms with Gasteiger partial charge in [0.2, 0.25) is 5.91 Å². The van der Waals surface area contributed by atoms with E-state index in [2.05, 4.69) is 15.4 Å². The van der Waals surface area contributed by atoms with Crippen molar-refractivity contribution >= 4 is 23.8 Å². The third kappa shape index (κ3) is 9.16. The van der Waals surface area contributed by atoms with E-state index in [0.29, 0.717) is 20.1 Å². The summed E-state index contributed by atoms with van der Waals surface area (Å²) < 4.78 is 97.9. The first-order chi connectivity index (χ1) is 17.5. The molecule has 2 amide bonds. The van der Waals surface area contributed by atoms with E-state index >= 15 is 0 Å². The molecule has 0 saturated carbocycles. The minimum absolute atomic E-state index is 0.188. The predicted molar refractivity (Wildman–Crippen MR) is 122 cm³/mol. The van der Waals surface area contributed by atoms with Gasteiger partial charge in [0, 0.05) is 43.2 Å². The molecule has 1 aromatic carbocycles. The number of hydrogen-bond acceptors (Lipinski definition) is 7. The second-order valence-corrected chi connectivity index (χ2v) is 8.45. The number of alkyl halides is 5. The maximum absolute atomic E-state index is 14.4. The second kappa shape index (κ2) is 13.9. The van der Waals surface area contributed by atoms with Crippen molar-refractivity contribution in [2.75, 3.05) is 20.2 Å². The molecule has 0 fully saturated rings. The highest BCUT2D eigenvalue weighted by Gasteiger charge is 2.55. The number of carbonyl (C=O) groups excluding carboxylic acids is 2. The van der Waals surface area contributed by atoms with Gasteiger partial charge in [-0.05, 0) is 31.5 Å². The zero-order chi connectivity index (χ0) is 29.3. The van der Waals surface area contributed by atoms with E-state index in [9.17, 15) is 45.4 Å². The Kier molecular flexibility index (Phi) is 12.0. The lowest BCUT2D eigenvalue weighted by molar-refractivity contribution is -0.220. The summed E-state index contributed by atoms with van der Waals surface area (Å²) >= 11 is 0. The maximum atomic E-state index is 14.4. The van der Waals surface area contributed by atoms with Crippen LogP contribution in [0.3, 0.4) is 0 Å². The Morgan fingerprint density at radius 3 is 2.18 bits per heavy atom. The van der Waals surface area contributed by atoms with Gasteiger partial charge in [-0.15, -0.1) is 0 Å². The van der Waals surface area contributed by atoms with Crippen LogP contribution in [-0.2, 0) is 16.1 Å². The molecule has 0 saturated heterocycles. The molecular formula is C22H28F7N5O4. The Morgan fingerprint density at radius 1 is 1.13 bits per heavy atom. The summed E-state index contributed by atoms with van der Waals surface area (Å²) in [5.41, 5.74) is -3.60. The first-order valence-electron chi connectivity index (χ1n) is 10.9. The van der Waals surface area contributed by atoms with Crippen LogP contribution in [0.25, 0.3) is 5.57 Å². The number of alkyl carbamates (subject to hydrolysis) is 1. The SMILES string of the molecule is COC(=O)N[C@H](C(=O)NC[C@@H](O)CNCc1c(F)cc(/C(C=N)=C/NC(F)F)cc1F)C(C)(C)C(F)(F)F. The van der Waals surface area contributed by atoms with Gasteiger partial charge in [0.25, 0.3) is 0 Å². The van der Waals surface area contributed by atoms with Gasteiger partial charge in [-0.3, -0.25) is 4.79 Å². The molecule has 38 heavy (non-hydrogen) atoms. The fraction of sp³-hybridized carbons (Fsp3) is 0.500. The standard InChI is InChI=1S/C22H28F7N5O4/c1-21(2,22(27,28)29)17(34-20(37)38-3)18(36)32-9-13(35)8-31-10-14-15(23)4-11(5-16(14)24)12(6-30)7-33-19(25)26/h4-7,13,17,19,30-31,33,35H,8-10H2,1-3H3,(H,32,36)(H,34,37)/b12-7+,30-6?/t13-,17+/m0/s1. The van der Waals surface area contributed by atoms with E-state index < -0.39 is 72.6 Å². The van der Waals surface area contributed by atoms with Gasteiger partial charge in [-0.1, -0.05) is 0 Å². The number of hydrogen-bond donors (Lipinski definition) is 6. The average Bonchev–Trinajstić information content (AvgIpc) is 2.81. The molecule has 0 aliphatic carbocycles. The van der Waals surface area contributed by atoms with Crippen LogP contribution in [0.1, 0.15) is 25.0 Å². The summed E-state index contributed by atoms with van der Waals surface area (Å²) in [5, 5.41) is 25.3. The van der Waals surface area contributed by atoms with Crippen molar-refractivity contribution < 1.29 is 50.2 Å². The number of halogens is 7. The van der Waals surface area contributed by atoms with Crippen LogP contribution >= 0.6 is 0 Å². The van der Waals surface area contributed by atoms with Crippen molar-refractivity contribution in [2.24, 2.45) is 5.41 Å². The Balaban J connectivity index is 2.79. The van der Waals surface area contributed by atoms with E-state index in [0.717, 1.165) is 25.4 Å². The molecule has 6 N–H and O–H groups in total. The minimum atomic E-state index is -4.89. The molecule has 0 aromatic heterocycles. The van der Waals surface area contributed by atoms with Gasteiger partial charge >= 0.3 is 18.8 Å². The lowest BCUT2D eigenvalue weighted by Crippen LogP contribution is -2.60. The number of carbonyl (C=O) groups is 2. The third-order valence-electron chi connectivity index (χ3n) is 5.35. The zero-order valence-corrected chi connectivity index (χ0v) is 20.5. The highest BCUT2D eigenvalue weighted by Crippen LogP contribution is 2.40. The quantitative estimate of drug-likeness (QED) is 0.125. The number of allylic oxidation sites excluding steroid dienone is 1. The van der Waals surface area contributed by atoms with Crippen molar-refractivity contribution in [2.45, 2.75) is 45.3 Å². The Morgan fingerprint density at radius 2 is 1.71 bits per heavy atom. The Hall–Kier alpha value is -3.40. The number of nitrogens with one attached hydrogen (secondary N) is 5. The van der Waals surface area contributed by atoms with Crippen molar-refractivity contribution in [3.63, 3.8) is 0 Å². The van der Waals surface area contributed by atoms with Crippen molar-refractivity contribution in [3.8, 4) is 0 Å². The molecule has 0 bridgehead atoms. The minimum Gasteiger partial charge on any atom is -0.453 e. The largest absolute Gasteiger partial charge is 0.453 e. The molecule has 16 heteroatoms. The number of benzene rings is 1.